The van der Waals surface area contributed by atoms with Gasteiger partial charge in [-0.15, -0.1) is 0 Å². The third kappa shape index (κ3) is 2.39. The van der Waals surface area contributed by atoms with Crippen LogP contribution in [0, 0.1) is 0 Å². The number of hydrogen-bond acceptors (Lipinski definition) is 1. The number of halogens is 3. The van der Waals surface area contributed by atoms with Crippen molar-refractivity contribution in [2.45, 2.75) is 6.43 Å². The van der Waals surface area contributed by atoms with E-state index in [4.69, 9.17) is 0 Å². The SMILES string of the molecule is O=C(C=CF)C(F)F. The van der Waals surface area contributed by atoms with Crippen LogP contribution in [0.4, 0.5) is 13.2 Å². The van der Waals surface area contributed by atoms with Crippen molar-refractivity contribution in [3.63, 3.8) is 0 Å². The van der Waals surface area contributed by atoms with Gasteiger partial charge in [0.05, 0.1) is 6.33 Å². The highest BCUT2D eigenvalue weighted by atomic mass is 19.3. The second-order valence-corrected chi connectivity index (χ2v) is 0.996. The van der Waals surface area contributed by atoms with Gasteiger partial charge in [-0.2, -0.15) is 0 Å². The second kappa shape index (κ2) is 3.23. The van der Waals surface area contributed by atoms with E-state index in [1.165, 1.54) is 0 Å². The summed E-state index contributed by atoms with van der Waals surface area (Å²) < 4.78 is 33.0. The molecule has 0 aromatic heterocycles. The van der Waals surface area contributed by atoms with Crippen LogP contribution < -0.4 is 0 Å². The molecule has 0 amide bonds. The Kier molecular flexibility index (Phi) is 2.91. The molecule has 0 N–H and O–H groups in total. The lowest BCUT2D eigenvalue weighted by atomic mass is 10.4. The maximum absolute atomic E-state index is 11.0. The standard InChI is InChI=1S/C4H3F3O/c5-2-1-3(8)4(6)7/h1-2,4H. The molecule has 0 radical (unpaired) electrons. The highest BCUT2D eigenvalue weighted by molar-refractivity contribution is 5.91. The van der Waals surface area contributed by atoms with Crippen molar-refractivity contribution in [2.75, 3.05) is 0 Å². The fourth-order valence-electron chi connectivity index (χ4n) is 0.135. The molecule has 0 fully saturated rings. The Morgan fingerprint density at radius 3 is 2.12 bits per heavy atom. The number of carbonyl (C=O) groups excluding carboxylic acids is 1. The van der Waals surface area contributed by atoms with Gasteiger partial charge < -0.3 is 0 Å². The molecule has 0 bridgehead atoms. The molecule has 8 heavy (non-hydrogen) atoms. The Morgan fingerprint density at radius 1 is 1.50 bits per heavy atom. The summed E-state index contributed by atoms with van der Waals surface area (Å²) >= 11 is 0. The highest BCUT2D eigenvalue weighted by Crippen LogP contribution is 1.94. The fraction of sp³-hybridized carbons (Fsp3) is 0.250. The fourth-order valence-corrected chi connectivity index (χ4v) is 0.135. The first-order valence-electron chi connectivity index (χ1n) is 1.77. The van der Waals surface area contributed by atoms with Crippen molar-refractivity contribution in [3.8, 4) is 0 Å². The van der Waals surface area contributed by atoms with E-state index in [-0.39, 0.29) is 12.4 Å². The van der Waals surface area contributed by atoms with Gasteiger partial charge in [0.15, 0.2) is 0 Å². The Hall–Kier alpha value is -0.800. The van der Waals surface area contributed by atoms with Crippen LogP contribution in [-0.4, -0.2) is 12.2 Å². The first kappa shape index (κ1) is 7.20. The lowest BCUT2D eigenvalue weighted by molar-refractivity contribution is -0.124. The summed E-state index contributed by atoms with van der Waals surface area (Å²) in [5.74, 6) is -1.51. The van der Waals surface area contributed by atoms with Crippen molar-refractivity contribution in [1.82, 2.24) is 0 Å². The van der Waals surface area contributed by atoms with Gasteiger partial charge in [0, 0.05) is 6.08 Å². The van der Waals surface area contributed by atoms with Crippen LogP contribution in [0.3, 0.4) is 0 Å². The Labute approximate surface area is 43.8 Å². The summed E-state index contributed by atoms with van der Waals surface area (Å²) in [6, 6.07) is 0. The van der Waals surface area contributed by atoms with Crippen LogP contribution in [0.1, 0.15) is 0 Å². The van der Waals surface area contributed by atoms with E-state index in [9.17, 15) is 18.0 Å². The van der Waals surface area contributed by atoms with Crippen LogP contribution in [0.2, 0.25) is 0 Å². The number of hydrogen-bond donors (Lipinski definition) is 0. The molecule has 0 aromatic carbocycles. The molecular formula is C4H3F3O. The van der Waals surface area contributed by atoms with Crippen LogP contribution in [0.15, 0.2) is 12.4 Å². The van der Waals surface area contributed by atoms with Crippen LogP contribution in [0.5, 0.6) is 0 Å². The van der Waals surface area contributed by atoms with Crippen molar-refractivity contribution in [3.05, 3.63) is 12.4 Å². The predicted molar refractivity (Wildman–Crippen MR) is 21.3 cm³/mol. The molecule has 0 saturated heterocycles. The minimum absolute atomic E-state index is 0.185. The third-order valence-electron chi connectivity index (χ3n) is 0.442. The van der Waals surface area contributed by atoms with Crippen molar-refractivity contribution in [1.29, 1.82) is 0 Å². The molecule has 0 aliphatic rings. The van der Waals surface area contributed by atoms with Gasteiger partial charge in [-0.25, -0.2) is 13.2 Å². The molecule has 0 rings (SSSR count). The van der Waals surface area contributed by atoms with Crippen LogP contribution in [0.25, 0.3) is 0 Å². The summed E-state index contributed by atoms with van der Waals surface area (Å²) in [6.07, 6.45) is -3.12. The maximum Gasteiger partial charge on any atom is 0.299 e. The number of allylic oxidation sites excluding steroid dienone is 1. The molecule has 4 heteroatoms. The summed E-state index contributed by atoms with van der Waals surface area (Å²) in [7, 11) is 0. The van der Waals surface area contributed by atoms with Gasteiger partial charge in [0.2, 0.25) is 5.78 Å². The molecule has 0 saturated carbocycles. The molecule has 1 nitrogen and oxygen atoms in total. The zero-order valence-electron chi connectivity index (χ0n) is 3.77. The lowest BCUT2D eigenvalue weighted by Gasteiger charge is -1.85. The number of carbonyl (C=O) groups is 1. The zero-order valence-corrected chi connectivity index (χ0v) is 3.77. The smallest absolute Gasteiger partial charge is 0.288 e. The van der Waals surface area contributed by atoms with Gasteiger partial charge in [0.25, 0.3) is 6.43 Å². The average molecular weight is 124 g/mol. The van der Waals surface area contributed by atoms with E-state index in [1.54, 1.807) is 0 Å². The van der Waals surface area contributed by atoms with E-state index in [0.717, 1.165) is 0 Å². The monoisotopic (exact) mass is 124 g/mol. The molecule has 0 unspecified atom stereocenters. The summed E-state index contributed by atoms with van der Waals surface area (Å²) in [5.41, 5.74) is 0. The van der Waals surface area contributed by atoms with Crippen molar-refractivity contribution >= 4 is 5.78 Å². The first-order valence-corrected chi connectivity index (χ1v) is 1.77. The molecule has 0 atom stereocenters. The molecule has 0 heterocycles. The molecule has 0 aliphatic carbocycles. The van der Waals surface area contributed by atoms with Gasteiger partial charge in [-0.05, 0) is 0 Å². The van der Waals surface area contributed by atoms with E-state index in [0.29, 0.717) is 0 Å². The summed E-state index contributed by atoms with van der Waals surface area (Å²) in [5, 5.41) is 0. The average Bonchev–Trinajstić information content (AvgIpc) is 1.67. The third-order valence-corrected chi connectivity index (χ3v) is 0.442. The Balaban J connectivity index is 3.66. The van der Waals surface area contributed by atoms with E-state index in [1.807, 2.05) is 0 Å². The molecule has 0 aliphatic heterocycles. The largest absolute Gasteiger partial charge is 0.299 e. The summed E-state index contributed by atoms with van der Waals surface area (Å²) in [6.45, 7) is 0. The molecule has 46 valence electrons. The van der Waals surface area contributed by atoms with Gasteiger partial charge in [-0.3, -0.25) is 4.79 Å². The number of rotatable bonds is 2. The first-order chi connectivity index (χ1) is 3.68. The van der Waals surface area contributed by atoms with E-state index in [2.05, 4.69) is 0 Å². The van der Waals surface area contributed by atoms with Gasteiger partial charge in [-0.1, -0.05) is 0 Å². The molecule has 0 aromatic rings. The second-order valence-electron chi connectivity index (χ2n) is 0.996. The van der Waals surface area contributed by atoms with E-state index < -0.39 is 12.2 Å². The van der Waals surface area contributed by atoms with Crippen LogP contribution >= 0.6 is 0 Å². The Morgan fingerprint density at radius 2 is 2.00 bits per heavy atom. The van der Waals surface area contributed by atoms with Crippen LogP contribution in [-0.2, 0) is 4.79 Å². The van der Waals surface area contributed by atoms with E-state index >= 15 is 0 Å². The topological polar surface area (TPSA) is 17.1 Å². The molecular weight excluding hydrogens is 121 g/mol. The molecule has 0 spiro atoms. The Bertz CT molecular complexity index is 108. The zero-order chi connectivity index (χ0) is 6.57. The number of alkyl halides is 2. The normalized spacial score (nSPS) is 11.0. The predicted octanol–water partition coefficient (Wildman–Crippen LogP) is 1.30. The highest BCUT2D eigenvalue weighted by Gasteiger charge is 2.09. The summed E-state index contributed by atoms with van der Waals surface area (Å²) in [4.78, 5) is 9.67. The lowest BCUT2D eigenvalue weighted by Crippen LogP contribution is -2.04. The van der Waals surface area contributed by atoms with Crippen molar-refractivity contribution in [2.24, 2.45) is 0 Å². The van der Waals surface area contributed by atoms with Gasteiger partial charge in [0.1, 0.15) is 0 Å². The van der Waals surface area contributed by atoms with Gasteiger partial charge >= 0.3 is 0 Å². The van der Waals surface area contributed by atoms with Crippen molar-refractivity contribution < 1.29 is 18.0 Å². The minimum Gasteiger partial charge on any atom is -0.288 e. The minimum atomic E-state index is -3.10. The number of ketones is 1. The maximum atomic E-state index is 11.0. The quantitative estimate of drug-likeness (QED) is 0.507.